The van der Waals surface area contributed by atoms with E-state index in [-0.39, 0.29) is 5.91 Å². The molecule has 0 saturated heterocycles. The van der Waals surface area contributed by atoms with Gasteiger partial charge in [0.05, 0.1) is 13.7 Å². The highest BCUT2D eigenvalue weighted by Crippen LogP contribution is 2.53. The SMILES string of the molecule is COc1cccc(COC(C)C(=O)NC2C3CC4CC(C3)CC2C4)c1. The fourth-order valence-electron chi connectivity index (χ4n) is 5.50. The maximum Gasteiger partial charge on any atom is 0.249 e. The van der Waals surface area contributed by atoms with Gasteiger partial charge in [0, 0.05) is 6.04 Å². The van der Waals surface area contributed by atoms with E-state index in [1.807, 2.05) is 31.2 Å². The Morgan fingerprint density at radius 1 is 1.16 bits per heavy atom. The summed E-state index contributed by atoms with van der Waals surface area (Å²) in [7, 11) is 1.65. The Balaban J connectivity index is 1.30. The molecule has 4 nitrogen and oxygen atoms in total. The first-order valence-electron chi connectivity index (χ1n) is 9.67. The lowest BCUT2D eigenvalue weighted by atomic mass is 9.54. The van der Waals surface area contributed by atoms with Crippen molar-refractivity contribution in [1.82, 2.24) is 5.32 Å². The molecule has 4 aliphatic carbocycles. The first-order chi connectivity index (χ1) is 12.1. The summed E-state index contributed by atoms with van der Waals surface area (Å²) in [6.07, 6.45) is 6.28. The highest BCUT2D eigenvalue weighted by Gasteiger charge is 2.48. The van der Waals surface area contributed by atoms with Gasteiger partial charge in [0.2, 0.25) is 5.91 Å². The fraction of sp³-hybridized carbons (Fsp3) is 0.667. The summed E-state index contributed by atoms with van der Waals surface area (Å²) in [5.74, 6) is 4.11. The number of nitrogens with one attached hydrogen (secondary N) is 1. The minimum absolute atomic E-state index is 0.0420. The molecule has 0 aromatic heterocycles. The number of hydrogen-bond donors (Lipinski definition) is 1. The molecule has 4 bridgehead atoms. The van der Waals surface area contributed by atoms with E-state index < -0.39 is 6.10 Å². The van der Waals surface area contributed by atoms with Crippen LogP contribution in [-0.4, -0.2) is 25.2 Å². The van der Waals surface area contributed by atoms with Gasteiger partial charge in [0.25, 0.3) is 0 Å². The first kappa shape index (κ1) is 16.9. The van der Waals surface area contributed by atoms with Crippen LogP contribution in [0.2, 0.25) is 0 Å². The second-order valence-electron chi connectivity index (χ2n) is 8.27. The molecule has 0 spiro atoms. The van der Waals surface area contributed by atoms with Crippen molar-refractivity contribution < 1.29 is 14.3 Å². The van der Waals surface area contributed by atoms with Gasteiger partial charge in [0.1, 0.15) is 11.9 Å². The number of amides is 1. The fourth-order valence-corrected chi connectivity index (χ4v) is 5.50. The Bertz CT molecular complexity index is 601. The van der Waals surface area contributed by atoms with Crippen LogP contribution >= 0.6 is 0 Å². The monoisotopic (exact) mass is 343 g/mol. The molecule has 0 heterocycles. The van der Waals surface area contributed by atoms with E-state index in [1.165, 1.54) is 32.1 Å². The topological polar surface area (TPSA) is 47.6 Å². The number of methoxy groups -OCH3 is 1. The van der Waals surface area contributed by atoms with Gasteiger partial charge >= 0.3 is 0 Å². The minimum atomic E-state index is -0.427. The van der Waals surface area contributed by atoms with Crippen LogP contribution in [-0.2, 0) is 16.1 Å². The maximum absolute atomic E-state index is 12.6. The highest BCUT2D eigenvalue weighted by molar-refractivity contribution is 5.80. The Hall–Kier alpha value is -1.55. The van der Waals surface area contributed by atoms with Crippen LogP contribution in [0.3, 0.4) is 0 Å². The largest absolute Gasteiger partial charge is 0.497 e. The lowest BCUT2D eigenvalue weighted by Gasteiger charge is -2.54. The summed E-state index contributed by atoms with van der Waals surface area (Å²) in [6.45, 7) is 2.28. The molecule has 4 aliphatic rings. The third-order valence-electron chi connectivity index (χ3n) is 6.54. The molecule has 1 N–H and O–H groups in total. The van der Waals surface area contributed by atoms with E-state index in [0.29, 0.717) is 24.5 Å². The van der Waals surface area contributed by atoms with Gasteiger partial charge in [-0.05, 0) is 80.4 Å². The number of hydrogen-bond acceptors (Lipinski definition) is 3. The van der Waals surface area contributed by atoms with Gasteiger partial charge in [-0.2, -0.15) is 0 Å². The summed E-state index contributed by atoms with van der Waals surface area (Å²) in [6, 6.07) is 8.17. The van der Waals surface area contributed by atoms with Crippen LogP contribution in [0.1, 0.15) is 44.6 Å². The molecule has 0 aliphatic heterocycles. The molecular formula is C21H29NO3. The van der Waals surface area contributed by atoms with Gasteiger partial charge in [-0.15, -0.1) is 0 Å². The van der Waals surface area contributed by atoms with Crippen molar-refractivity contribution >= 4 is 5.91 Å². The lowest BCUT2D eigenvalue weighted by Crippen LogP contribution is -2.57. The van der Waals surface area contributed by atoms with E-state index in [9.17, 15) is 4.79 Å². The second kappa shape index (κ2) is 6.99. The molecule has 1 atom stereocenters. The van der Waals surface area contributed by atoms with Crippen molar-refractivity contribution in [3.05, 3.63) is 29.8 Å². The van der Waals surface area contributed by atoms with Crippen LogP contribution in [0.25, 0.3) is 0 Å². The molecule has 1 unspecified atom stereocenters. The molecule has 4 heteroatoms. The zero-order valence-corrected chi connectivity index (χ0v) is 15.2. The molecule has 1 aromatic rings. The molecular weight excluding hydrogens is 314 g/mol. The van der Waals surface area contributed by atoms with E-state index in [1.54, 1.807) is 7.11 Å². The Morgan fingerprint density at radius 3 is 2.48 bits per heavy atom. The summed E-state index contributed by atoms with van der Waals surface area (Å²) in [5, 5.41) is 3.33. The Morgan fingerprint density at radius 2 is 1.84 bits per heavy atom. The highest BCUT2D eigenvalue weighted by atomic mass is 16.5. The van der Waals surface area contributed by atoms with Crippen LogP contribution in [0.15, 0.2) is 24.3 Å². The number of carbonyl (C=O) groups excluding carboxylic acids is 1. The molecule has 0 radical (unpaired) electrons. The predicted octanol–water partition coefficient (Wildman–Crippen LogP) is 3.54. The minimum Gasteiger partial charge on any atom is -0.497 e. The van der Waals surface area contributed by atoms with Crippen molar-refractivity contribution in [2.45, 2.75) is 57.8 Å². The summed E-state index contributed by atoms with van der Waals surface area (Å²) < 4.78 is 11.0. The Kier molecular flexibility index (Phi) is 4.72. The molecule has 1 aromatic carbocycles. The van der Waals surface area contributed by atoms with Crippen molar-refractivity contribution in [2.75, 3.05) is 7.11 Å². The second-order valence-corrected chi connectivity index (χ2v) is 8.27. The molecule has 4 fully saturated rings. The number of ether oxygens (including phenoxy) is 2. The smallest absolute Gasteiger partial charge is 0.249 e. The summed E-state index contributed by atoms with van der Waals surface area (Å²) in [4.78, 5) is 12.6. The average Bonchev–Trinajstić information content (AvgIpc) is 2.62. The maximum atomic E-state index is 12.6. The van der Waals surface area contributed by atoms with Crippen LogP contribution < -0.4 is 10.1 Å². The first-order valence-corrected chi connectivity index (χ1v) is 9.67. The number of carbonyl (C=O) groups is 1. The van der Waals surface area contributed by atoms with E-state index in [4.69, 9.17) is 9.47 Å². The van der Waals surface area contributed by atoms with E-state index >= 15 is 0 Å². The van der Waals surface area contributed by atoms with Crippen molar-refractivity contribution in [3.8, 4) is 5.75 Å². The number of benzene rings is 1. The molecule has 5 rings (SSSR count). The van der Waals surface area contributed by atoms with Gasteiger partial charge in [-0.1, -0.05) is 12.1 Å². The third-order valence-corrected chi connectivity index (χ3v) is 6.54. The molecule has 25 heavy (non-hydrogen) atoms. The van der Waals surface area contributed by atoms with Crippen LogP contribution in [0.4, 0.5) is 0 Å². The van der Waals surface area contributed by atoms with Crippen LogP contribution in [0.5, 0.6) is 5.75 Å². The summed E-state index contributed by atoms with van der Waals surface area (Å²) >= 11 is 0. The van der Waals surface area contributed by atoms with E-state index in [0.717, 1.165) is 23.1 Å². The van der Waals surface area contributed by atoms with Crippen molar-refractivity contribution in [2.24, 2.45) is 23.7 Å². The standard InChI is InChI=1S/C21H29NO3/c1-13(25-12-14-4-3-5-19(11-14)24-2)21(23)22-20-17-7-15-6-16(9-17)10-18(20)8-15/h3-5,11,13,15-18,20H,6-10,12H2,1-2H3,(H,22,23). The van der Waals surface area contributed by atoms with Crippen molar-refractivity contribution in [1.29, 1.82) is 0 Å². The van der Waals surface area contributed by atoms with Gasteiger partial charge < -0.3 is 14.8 Å². The zero-order valence-electron chi connectivity index (χ0n) is 15.2. The van der Waals surface area contributed by atoms with E-state index in [2.05, 4.69) is 5.32 Å². The Labute approximate surface area is 150 Å². The normalized spacial score (nSPS) is 33.9. The number of rotatable bonds is 6. The van der Waals surface area contributed by atoms with Gasteiger partial charge in [0.15, 0.2) is 0 Å². The zero-order chi connectivity index (χ0) is 17.4. The average molecular weight is 343 g/mol. The van der Waals surface area contributed by atoms with Crippen LogP contribution in [0, 0.1) is 23.7 Å². The molecule has 4 saturated carbocycles. The van der Waals surface area contributed by atoms with Gasteiger partial charge in [-0.3, -0.25) is 4.79 Å². The molecule has 1 amide bonds. The quantitative estimate of drug-likeness (QED) is 0.859. The predicted molar refractivity (Wildman–Crippen MR) is 96.2 cm³/mol. The lowest BCUT2D eigenvalue weighted by molar-refractivity contribution is -0.136. The van der Waals surface area contributed by atoms with Gasteiger partial charge in [-0.25, -0.2) is 0 Å². The molecule has 136 valence electrons. The summed E-state index contributed by atoms with van der Waals surface area (Å²) in [5.41, 5.74) is 1.02. The van der Waals surface area contributed by atoms with Crippen molar-refractivity contribution in [3.63, 3.8) is 0 Å². The third kappa shape index (κ3) is 3.55.